The van der Waals surface area contributed by atoms with Crippen molar-refractivity contribution in [2.45, 2.75) is 6.10 Å². The predicted octanol–water partition coefficient (Wildman–Crippen LogP) is 0.949. The summed E-state index contributed by atoms with van der Waals surface area (Å²) in [7, 11) is 0. The molecule has 3 rings (SSSR count). The van der Waals surface area contributed by atoms with Crippen LogP contribution >= 0.6 is 0 Å². The molecule has 1 fully saturated rings. The molecule has 7 nitrogen and oxygen atoms in total. The third-order valence-electron chi connectivity index (χ3n) is 3.92. The number of hydrogen-bond donors (Lipinski definition) is 3. The van der Waals surface area contributed by atoms with E-state index in [1.807, 2.05) is 12.1 Å². The van der Waals surface area contributed by atoms with Gasteiger partial charge in [-0.25, -0.2) is 4.98 Å². The van der Waals surface area contributed by atoms with Gasteiger partial charge in [0, 0.05) is 37.8 Å². The van der Waals surface area contributed by atoms with E-state index in [9.17, 15) is 9.90 Å². The van der Waals surface area contributed by atoms with Crippen LogP contribution in [0.1, 0.15) is 0 Å². The average molecular weight is 343 g/mol. The lowest BCUT2D eigenvalue weighted by atomic mass is 10.1. The fourth-order valence-electron chi connectivity index (χ4n) is 2.50. The Bertz CT molecular complexity index is 678. The van der Waals surface area contributed by atoms with Crippen LogP contribution in [-0.4, -0.2) is 48.3 Å². The summed E-state index contributed by atoms with van der Waals surface area (Å²) in [4.78, 5) is 15.9. The van der Waals surface area contributed by atoms with Gasteiger partial charge in [-0.15, -0.1) is 0 Å². The smallest absolute Gasteiger partial charge is 0.257 e. The Labute approximate surface area is 146 Å². The maximum Gasteiger partial charge on any atom is 0.257 e. The van der Waals surface area contributed by atoms with Crippen molar-refractivity contribution in [1.82, 2.24) is 15.6 Å². The van der Waals surface area contributed by atoms with Gasteiger partial charge in [0.25, 0.3) is 5.91 Å². The van der Waals surface area contributed by atoms with Crippen LogP contribution in [0.3, 0.4) is 0 Å². The molecule has 0 saturated carbocycles. The zero-order chi connectivity index (χ0) is 17.5. The highest BCUT2D eigenvalue weighted by molar-refractivity contribution is 5.77. The van der Waals surface area contributed by atoms with E-state index < -0.39 is 6.10 Å². The van der Waals surface area contributed by atoms with E-state index in [0.717, 1.165) is 0 Å². The van der Waals surface area contributed by atoms with Crippen molar-refractivity contribution >= 4 is 5.91 Å². The summed E-state index contributed by atoms with van der Waals surface area (Å²) in [5.41, 5.74) is 0. The van der Waals surface area contributed by atoms with Crippen LogP contribution < -0.4 is 20.1 Å². The van der Waals surface area contributed by atoms with Crippen molar-refractivity contribution in [3.63, 3.8) is 0 Å². The van der Waals surface area contributed by atoms with E-state index in [1.165, 1.54) is 0 Å². The van der Waals surface area contributed by atoms with Gasteiger partial charge in [-0.05, 0) is 30.3 Å². The summed E-state index contributed by atoms with van der Waals surface area (Å²) in [6.45, 7) is 1.65. The SMILES string of the molecule is O=C(COc1ccc(Oc2ccccn2)cc1)NCC1CNCC1O. The van der Waals surface area contributed by atoms with Gasteiger partial charge in [0.2, 0.25) is 5.88 Å². The van der Waals surface area contributed by atoms with Crippen molar-refractivity contribution in [3.8, 4) is 17.4 Å². The van der Waals surface area contributed by atoms with Gasteiger partial charge in [-0.2, -0.15) is 0 Å². The van der Waals surface area contributed by atoms with Crippen LogP contribution in [0.4, 0.5) is 0 Å². The number of ether oxygens (including phenoxy) is 2. The first-order chi connectivity index (χ1) is 12.2. The number of aliphatic hydroxyl groups is 1. The first kappa shape index (κ1) is 17.2. The molecule has 1 aromatic carbocycles. The predicted molar refractivity (Wildman–Crippen MR) is 91.6 cm³/mol. The van der Waals surface area contributed by atoms with Crippen molar-refractivity contribution in [1.29, 1.82) is 0 Å². The highest BCUT2D eigenvalue weighted by Crippen LogP contribution is 2.22. The minimum Gasteiger partial charge on any atom is -0.484 e. The van der Waals surface area contributed by atoms with Crippen LogP contribution in [0.25, 0.3) is 0 Å². The van der Waals surface area contributed by atoms with E-state index in [1.54, 1.807) is 36.5 Å². The highest BCUT2D eigenvalue weighted by Gasteiger charge is 2.24. The van der Waals surface area contributed by atoms with Gasteiger partial charge < -0.3 is 25.2 Å². The van der Waals surface area contributed by atoms with Crippen molar-refractivity contribution in [2.24, 2.45) is 5.92 Å². The first-order valence-corrected chi connectivity index (χ1v) is 8.18. The molecule has 1 aliphatic heterocycles. The second kappa shape index (κ2) is 8.46. The number of pyridine rings is 1. The fraction of sp³-hybridized carbons (Fsp3) is 0.333. The number of amides is 1. The third-order valence-corrected chi connectivity index (χ3v) is 3.92. The average Bonchev–Trinajstić information content (AvgIpc) is 3.05. The summed E-state index contributed by atoms with van der Waals surface area (Å²) in [6, 6.07) is 12.4. The van der Waals surface area contributed by atoms with Crippen LogP contribution in [0.2, 0.25) is 0 Å². The normalized spacial score (nSPS) is 19.4. The number of β-amino-alcohol motifs (C(OH)–C–C–N with tert-alkyl or cyclic N) is 1. The van der Waals surface area contributed by atoms with Gasteiger partial charge >= 0.3 is 0 Å². The van der Waals surface area contributed by atoms with Gasteiger partial charge in [0.1, 0.15) is 11.5 Å². The Morgan fingerprint density at radius 1 is 1.20 bits per heavy atom. The minimum atomic E-state index is -0.409. The fourth-order valence-corrected chi connectivity index (χ4v) is 2.50. The molecule has 132 valence electrons. The zero-order valence-electron chi connectivity index (χ0n) is 13.7. The highest BCUT2D eigenvalue weighted by atomic mass is 16.5. The molecule has 1 aliphatic rings. The Balaban J connectivity index is 1.41. The van der Waals surface area contributed by atoms with Crippen LogP contribution in [0.5, 0.6) is 17.4 Å². The molecule has 2 aromatic rings. The summed E-state index contributed by atoms with van der Waals surface area (Å²) in [5, 5.41) is 15.5. The number of nitrogens with zero attached hydrogens (tertiary/aromatic N) is 1. The van der Waals surface area contributed by atoms with E-state index in [2.05, 4.69) is 15.6 Å². The summed E-state index contributed by atoms with van der Waals surface area (Å²) in [6.07, 6.45) is 1.25. The Morgan fingerprint density at radius 3 is 2.68 bits per heavy atom. The topological polar surface area (TPSA) is 92.7 Å². The number of benzene rings is 1. The number of hydrogen-bond acceptors (Lipinski definition) is 6. The second-order valence-corrected chi connectivity index (χ2v) is 5.82. The minimum absolute atomic E-state index is 0.0481. The van der Waals surface area contributed by atoms with Crippen LogP contribution in [-0.2, 0) is 4.79 Å². The largest absolute Gasteiger partial charge is 0.484 e. The molecule has 1 amide bonds. The Hall–Kier alpha value is -2.64. The van der Waals surface area contributed by atoms with E-state index in [4.69, 9.17) is 9.47 Å². The van der Waals surface area contributed by atoms with E-state index >= 15 is 0 Å². The molecule has 2 heterocycles. The van der Waals surface area contributed by atoms with Gasteiger partial charge in [0.15, 0.2) is 6.61 Å². The lowest BCUT2D eigenvalue weighted by Crippen LogP contribution is -2.36. The van der Waals surface area contributed by atoms with Gasteiger partial charge in [0.05, 0.1) is 6.10 Å². The molecule has 2 unspecified atom stereocenters. The second-order valence-electron chi connectivity index (χ2n) is 5.82. The molecule has 1 saturated heterocycles. The number of carbonyl (C=O) groups excluding carboxylic acids is 1. The molecule has 7 heteroatoms. The molecule has 1 aromatic heterocycles. The molecule has 0 aliphatic carbocycles. The van der Waals surface area contributed by atoms with Crippen molar-refractivity contribution in [2.75, 3.05) is 26.2 Å². The monoisotopic (exact) mass is 343 g/mol. The van der Waals surface area contributed by atoms with E-state index in [-0.39, 0.29) is 18.4 Å². The molecule has 25 heavy (non-hydrogen) atoms. The molecule has 3 N–H and O–H groups in total. The Kier molecular flexibility index (Phi) is 5.81. The zero-order valence-corrected chi connectivity index (χ0v) is 13.7. The van der Waals surface area contributed by atoms with Gasteiger partial charge in [-0.1, -0.05) is 6.07 Å². The quantitative estimate of drug-likeness (QED) is 0.693. The maximum atomic E-state index is 11.8. The third kappa shape index (κ3) is 5.17. The summed E-state index contributed by atoms with van der Waals surface area (Å²) in [5.74, 6) is 1.56. The number of aromatic nitrogens is 1. The molecule has 0 spiro atoms. The number of nitrogens with one attached hydrogen (secondary N) is 2. The first-order valence-electron chi connectivity index (χ1n) is 8.18. The maximum absolute atomic E-state index is 11.8. The lowest BCUT2D eigenvalue weighted by molar-refractivity contribution is -0.123. The van der Waals surface area contributed by atoms with Crippen LogP contribution in [0, 0.1) is 5.92 Å². The lowest BCUT2D eigenvalue weighted by Gasteiger charge is -2.14. The van der Waals surface area contributed by atoms with Crippen molar-refractivity contribution < 1.29 is 19.4 Å². The molecular formula is C18H21N3O4. The van der Waals surface area contributed by atoms with Crippen molar-refractivity contribution in [3.05, 3.63) is 48.7 Å². The van der Waals surface area contributed by atoms with Gasteiger partial charge in [-0.3, -0.25) is 4.79 Å². The molecule has 0 bridgehead atoms. The standard InChI is InChI=1S/C18H21N3O4/c22-16-11-19-9-13(16)10-21-17(23)12-24-14-4-6-15(7-5-14)25-18-3-1-2-8-20-18/h1-8,13,16,19,22H,9-12H2,(H,21,23). The number of rotatable bonds is 7. The van der Waals surface area contributed by atoms with E-state index in [0.29, 0.717) is 37.0 Å². The number of carbonyl (C=O) groups is 1. The molecular weight excluding hydrogens is 322 g/mol. The van der Waals surface area contributed by atoms with Crippen LogP contribution in [0.15, 0.2) is 48.7 Å². The summed E-state index contributed by atoms with van der Waals surface area (Å²) < 4.78 is 11.0. The molecule has 0 radical (unpaired) electrons. The number of aliphatic hydroxyl groups excluding tert-OH is 1. The Morgan fingerprint density at radius 2 is 2.00 bits per heavy atom. The summed E-state index contributed by atoms with van der Waals surface area (Å²) >= 11 is 0. The molecule has 2 atom stereocenters.